The van der Waals surface area contributed by atoms with Gasteiger partial charge in [-0.2, -0.15) is 4.98 Å². The standard InChI is InChI=1S/C13H22FN5O/c1-2-9-3-5-13(20,6-4-9)8-17-11-10(14)7-16-12(18-11)19-15/h7,9,20H,2-6,8,15H2,1H3,(H2,16,17,18,19). The summed E-state index contributed by atoms with van der Waals surface area (Å²) in [6, 6.07) is 0. The van der Waals surface area contributed by atoms with Gasteiger partial charge in [0.2, 0.25) is 5.95 Å². The Labute approximate surface area is 118 Å². The van der Waals surface area contributed by atoms with Gasteiger partial charge in [0.05, 0.1) is 11.8 Å². The Morgan fingerprint density at radius 2 is 2.20 bits per heavy atom. The normalized spacial score (nSPS) is 26.3. The molecule has 0 amide bonds. The third-order valence-electron chi connectivity index (χ3n) is 4.07. The van der Waals surface area contributed by atoms with Crippen LogP contribution >= 0.6 is 0 Å². The maximum Gasteiger partial charge on any atom is 0.239 e. The average molecular weight is 283 g/mol. The number of rotatable bonds is 5. The zero-order valence-corrected chi connectivity index (χ0v) is 11.7. The molecule has 2 rings (SSSR count). The molecule has 1 aromatic rings. The van der Waals surface area contributed by atoms with Gasteiger partial charge in [0.25, 0.3) is 0 Å². The second-order valence-corrected chi connectivity index (χ2v) is 5.46. The Hall–Kier alpha value is -1.47. The monoisotopic (exact) mass is 283 g/mol. The van der Waals surface area contributed by atoms with Crippen LogP contribution in [0.1, 0.15) is 39.0 Å². The average Bonchev–Trinajstić information content (AvgIpc) is 2.47. The highest BCUT2D eigenvalue weighted by Gasteiger charge is 2.32. The quantitative estimate of drug-likeness (QED) is 0.485. The first kappa shape index (κ1) is 14.9. The molecule has 5 N–H and O–H groups in total. The molecule has 0 radical (unpaired) electrons. The van der Waals surface area contributed by atoms with E-state index in [1.165, 1.54) is 0 Å². The fraction of sp³-hybridized carbons (Fsp3) is 0.692. The zero-order chi connectivity index (χ0) is 14.6. The number of hydrazine groups is 1. The molecule has 0 aliphatic heterocycles. The van der Waals surface area contributed by atoms with E-state index >= 15 is 0 Å². The molecule has 0 spiro atoms. The van der Waals surface area contributed by atoms with Crippen molar-refractivity contribution in [2.75, 3.05) is 17.3 Å². The molecule has 1 fully saturated rings. The molecule has 112 valence electrons. The summed E-state index contributed by atoms with van der Waals surface area (Å²) in [4.78, 5) is 7.56. The van der Waals surface area contributed by atoms with Crippen molar-refractivity contribution in [2.24, 2.45) is 11.8 Å². The predicted octanol–water partition coefficient (Wildman–Crippen LogP) is 1.64. The molecule has 0 bridgehead atoms. The number of nitrogens with two attached hydrogens (primary N) is 1. The lowest BCUT2D eigenvalue weighted by Crippen LogP contribution is -2.40. The van der Waals surface area contributed by atoms with Crippen molar-refractivity contribution in [3.8, 4) is 0 Å². The lowest BCUT2D eigenvalue weighted by Gasteiger charge is -2.36. The number of aromatic nitrogens is 2. The van der Waals surface area contributed by atoms with Gasteiger partial charge < -0.3 is 10.4 Å². The van der Waals surface area contributed by atoms with Crippen molar-refractivity contribution in [2.45, 2.75) is 44.6 Å². The first-order valence-corrected chi connectivity index (χ1v) is 7.02. The highest BCUT2D eigenvalue weighted by Crippen LogP contribution is 2.33. The number of halogens is 1. The second kappa shape index (κ2) is 6.32. The first-order chi connectivity index (χ1) is 9.56. The summed E-state index contributed by atoms with van der Waals surface area (Å²) in [5.41, 5.74) is 1.47. The molecule has 7 heteroatoms. The minimum absolute atomic E-state index is 0.0546. The predicted molar refractivity (Wildman–Crippen MR) is 75.5 cm³/mol. The van der Waals surface area contributed by atoms with Gasteiger partial charge in [-0.3, -0.25) is 5.43 Å². The van der Waals surface area contributed by atoms with Crippen LogP contribution in [0.4, 0.5) is 16.2 Å². The summed E-state index contributed by atoms with van der Waals surface area (Å²) in [6.07, 6.45) is 5.67. The van der Waals surface area contributed by atoms with Crippen molar-refractivity contribution in [3.05, 3.63) is 12.0 Å². The van der Waals surface area contributed by atoms with Crippen molar-refractivity contribution in [1.82, 2.24) is 9.97 Å². The molecule has 0 atom stereocenters. The van der Waals surface area contributed by atoms with E-state index in [0.29, 0.717) is 5.92 Å². The highest BCUT2D eigenvalue weighted by molar-refractivity contribution is 5.40. The van der Waals surface area contributed by atoms with E-state index in [0.717, 1.165) is 38.3 Å². The Bertz CT molecular complexity index is 448. The topological polar surface area (TPSA) is 96.1 Å². The van der Waals surface area contributed by atoms with Gasteiger partial charge in [0.15, 0.2) is 11.6 Å². The number of hydrogen-bond donors (Lipinski definition) is 4. The fourth-order valence-corrected chi connectivity index (χ4v) is 2.61. The van der Waals surface area contributed by atoms with Crippen LogP contribution < -0.4 is 16.6 Å². The van der Waals surface area contributed by atoms with Gasteiger partial charge in [-0.1, -0.05) is 13.3 Å². The van der Waals surface area contributed by atoms with Crippen molar-refractivity contribution in [1.29, 1.82) is 0 Å². The number of aliphatic hydroxyl groups is 1. The molecule has 0 unspecified atom stereocenters. The van der Waals surface area contributed by atoms with E-state index in [1.54, 1.807) is 0 Å². The second-order valence-electron chi connectivity index (χ2n) is 5.46. The Balaban J connectivity index is 1.95. The van der Waals surface area contributed by atoms with E-state index < -0.39 is 11.4 Å². The smallest absolute Gasteiger partial charge is 0.239 e. The van der Waals surface area contributed by atoms with Gasteiger partial charge in [0.1, 0.15) is 0 Å². The van der Waals surface area contributed by atoms with E-state index in [9.17, 15) is 9.50 Å². The fourth-order valence-electron chi connectivity index (χ4n) is 2.61. The van der Waals surface area contributed by atoms with Crippen LogP contribution in [0.2, 0.25) is 0 Å². The van der Waals surface area contributed by atoms with Crippen LogP contribution in [-0.2, 0) is 0 Å². The molecular formula is C13H22FN5O. The largest absolute Gasteiger partial charge is 0.388 e. The summed E-state index contributed by atoms with van der Waals surface area (Å²) in [5, 5.41) is 13.4. The van der Waals surface area contributed by atoms with E-state index in [1.807, 2.05) is 0 Å². The highest BCUT2D eigenvalue weighted by atomic mass is 19.1. The summed E-state index contributed by atoms with van der Waals surface area (Å²) >= 11 is 0. The molecule has 1 heterocycles. The number of nitrogens with zero attached hydrogens (tertiary/aromatic N) is 2. The van der Waals surface area contributed by atoms with E-state index in [-0.39, 0.29) is 18.3 Å². The lowest BCUT2D eigenvalue weighted by atomic mass is 9.78. The molecule has 1 aliphatic rings. The summed E-state index contributed by atoms with van der Waals surface area (Å²) in [7, 11) is 0. The van der Waals surface area contributed by atoms with Crippen LogP contribution in [0.3, 0.4) is 0 Å². The van der Waals surface area contributed by atoms with Gasteiger partial charge in [0, 0.05) is 6.54 Å². The van der Waals surface area contributed by atoms with Crippen molar-refractivity contribution < 1.29 is 9.50 Å². The third-order valence-corrected chi connectivity index (χ3v) is 4.07. The summed E-state index contributed by atoms with van der Waals surface area (Å²) in [5.74, 6) is 5.51. The Morgan fingerprint density at radius 3 is 2.80 bits per heavy atom. The lowest BCUT2D eigenvalue weighted by molar-refractivity contribution is 0.00218. The minimum atomic E-state index is -0.792. The maximum absolute atomic E-state index is 13.6. The molecule has 1 aromatic heterocycles. The molecular weight excluding hydrogens is 261 g/mol. The first-order valence-electron chi connectivity index (χ1n) is 7.02. The molecule has 0 aromatic carbocycles. The van der Waals surface area contributed by atoms with Gasteiger partial charge in [-0.25, -0.2) is 15.2 Å². The van der Waals surface area contributed by atoms with Crippen LogP contribution in [0, 0.1) is 11.7 Å². The van der Waals surface area contributed by atoms with Crippen LogP contribution in [0.25, 0.3) is 0 Å². The van der Waals surface area contributed by atoms with Crippen LogP contribution in [0.5, 0.6) is 0 Å². The number of anilines is 2. The molecule has 1 aliphatic carbocycles. The van der Waals surface area contributed by atoms with Crippen LogP contribution in [0.15, 0.2) is 6.20 Å². The van der Waals surface area contributed by atoms with E-state index in [2.05, 4.69) is 27.6 Å². The molecule has 0 saturated heterocycles. The summed E-state index contributed by atoms with van der Waals surface area (Å²) in [6.45, 7) is 2.45. The van der Waals surface area contributed by atoms with E-state index in [4.69, 9.17) is 5.84 Å². The van der Waals surface area contributed by atoms with Gasteiger partial charge >= 0.3 is 0 Å². The van der Waals surface area contributed by atoms with Crippen molar-refractivity contribution in [3.63, 3.8) is 0 Å². The Morgan fingerprint density at radius 1 is 1.50 bits per heavy atom. The molecule has 6 nitrogen and oxygen atoms in total. The van der Waals surface area contributed by atoms with Gasteiger partial charge in [-0.15, -0.1) is 0 Å². The molecule has 20 heavy (non-hydrogen) atoms. The number of hydrogen-bond acceptors (Lipinski definition) is 6. The summed E-state index contributed by atoms with van der Waals surface area (Å²) < 4.78 is 13.6. The SMILES string of the molecule is CCC1CCC(O)(CNc2nc(NN)ncc2F)CC1. The maximum atomic E-state index is 13.6. The minimum Gasteiger partial charge on any atom is -0.388 e. The number of nitrogen functional groups attached to an aromatic ring is 1. The van der Waals surface area contributed by atoms with Crippen LogP contribution in [-0.4, -0.2) is 27.2 Å². The van der Waals surface area contributed by atoms with Crippen molar-refractivity contribution >= 4 is 11.8 Å². The Kier molecular flexibility index (Phi) is 4.72. The number of nitrogens with one attached hydrogen (secondary N) is 2. The molecule has 1 saturated carbocycles. The van der Waals surface area contributed by atoms with Gasteiger partial charge in [-0.05, 0) is 31.6 Å². The zero-order valence-electron chi connectivity index (χ0n) is 11.7. The third kappa shape index (κ3) is 3.55.